The first-order valence-corrected chi connectivity index (χ1v) is 9.44. The molecule has 0 aliphatic carbocycles. The van der Waals surface area contributed by atoms with Crippen molar-refractivity contribution in [3.8, 4) is 17.2 Å². The molecule has 29 heavy (non-hydrogen) atoms. The van der Waals surface area contributed by atoms with Gasteiger partial charge in [-0.2, -0.15) is 0 Å². The van der Waals surface area contributed by atoms with Gasteiger partial charge in [0.25, 0.3) is 5.91 Å². The van der Waals surface area contributed by atoms with E-state index in [0.717, 1.165) is 16.9 Å². The predicted octanol–water partition coefficient (Wildman–Crippen LogP) is 4.87. The van der Waals surface area contributed by atoms with Crippen LogP contribution in [0, 0.1) is 0 Å². The van der Waals surface area contributed by atoms with Gasteiger partial charge >= 0.3 is 0 Å². The Labute approximate surface area is 175 Å². The van der Waals surface area contributed by atoms with E-state index in [2.05, 4.69) is 5.32 Å². The normalized spacial score (nSPS) is 10.3. The molecule has 0 unspecified atom stereocenters. The van der Waals surface area contributed by atoms with Crippen LogP contribution in [0.25, 0.3) is 0 Å². The Morgan fingerprint density at radius 1 is 0.931 bits per heavy atom. The lowest BCUT2D eigenvalue weighted by Gasteiger charge is -2.12. The number of benzene rings is 3. The molecule has 1 N–H and O–H groups in total. The summed E-state index contributed by atoms with van der Waals surface area (Å²) in [5, 5.41) is 3.20. The zero-order chi connectivity index (χ0) is 20.6. The van der Waals surface area contributed by atoms with Crippen LogP contribution in [-0.4, -0.2) is 20.1 Å². The van der Waals surface area contributed by atoms with Gasteiger partial charge in [0.05, 0.1) is 19.2 Å². The number of methoxy groups -OCH3 is 2. The van der Waals surface area contributed by atoms with E-state index in [1.54, 1.807) is 12.1 Å². The molecule has 5 nitrogen and oxygen atoms in total. The number of nitrogens with one attached hydrogen (secondary N) is 1. The minimum absolute atomic E-state index is 0.246. The van der Waals surface area contributed by atoms with Crippen LogP contribution in [0.3, 0.4) is 0 Å². The number of carbonyl (C=O) groups is 1. The van der Waals surface area contributed by atoms with E-state index >= 15 is 0 Å². The first-order valence-electron chi connectivity index (χ1n) is 9.06. The van der Waals surface area contributed by atoms with Crippen LogP contribution in [0.2, 0.25) is 5.02 Å². The van der Waals surface area contributed by atoms with Crippen molar-refractivity contribution >= 4 is 17.5 Å². The average molecular weight is 412 g/mol. The highest BCUT2D eigenvalue weighted by Gasteiger charge is 2.15. The minimum atomic E-state index is -0.246. The number of para-hydroxylation sites is 1. The molecule has 150 valence electrons. The summed E-state index contributed by atoms with van der Waals surface area (Å²) in [4.78, 5) is 12.5. The molecule has 1 amide bonds. The van der Waals surface area contributed by atoms with Crippen molar-refractivity contribution < 1.29 is 19.0 Å². The zero-order valence-electron chi connectivity index (χ0n) is 16.3. The highest BCUT2D eigenvalue weighted by molar-refractivity contribution is 6.32. The summed E-state index contributed by atoms with van der Waals surface area (Å²) >= 11 is 6.17. The Morgan fingerprint density at radius 2 is 1.62 bits per heavy atom. The second kappa shape index (κ2) is 9.85. The maximum absolute atomic E-state index is 12.5. The van der Waals surface area contributed by atoms with E-state index in [1.165, 1.54) is 14.2 Å². The molecule has 6 heteroatoms. The number of hydrogen-bond donors (Lipinski definition) is 1. The Balaban J connectivity index is 1.57. The molecule has 0 aromatic heterocycles. The molecule has 0 saturated heterocycles. The summed E-state index contributed by atoms with van der Waals surface area (Å²) < 4.78 is 16.2. The third-order valence-electron chi connectivity index (χ3n) is 4.32. The van der Waals surface area contributed by atoms with Crippen molar-refractivity contribution in [1.29, 1.82) is 0 Å². The van der Waals surface area contributed by atoms with Gasteiger partial charge in [-0.1, -0.05) is 54.1 Å². The monoisotopic (exact) mass is 411 g/mol. The van der Waals surface area contributed by atoms with Gasteiger partial charge in [-0.25, -0.2) is 0 Å². The lowest BCUT2D eigenvalue weighted by molar-refractivity contribution is 0.0950. The number of ether oxygens (including phenoxy) is 3. The molecular weight excluding hydrogens is 390 g/mol. The summed E-state index contributed by atoms with van der Waals surface area (Å²) in [7, 11) is 3.00. The van der Waals surface area contributed by atoms with E-state index < -0.39 is 0 Å². The molecule has 0 saturated carbocycles. The largest absolute Gasteiger partial charge is 0.493 e. The third kappa shape index (κ3) is 5.42. The SMILES string of the molecule is COc1cc(C(=O)NCc2ccc(COc3ccccc3)cc2)cc(Cl)c1OC. The van der Waals surface area contributed by atoms with Crippen LogP contribution in [0.1, 0.15) is 21.5 Å². The fraction of sp³-hybridized carbons (Fsp3) is 0.174. The standard InChI is InChI=1S/C23H22ClNO4/c1-27-21-13-18(12-20(24)22(21)28-2)23(26)25-14-16-8-10-17(11-9-16)15-29-19-6-4-3-5-7-19/h3-13H,14-15H2,1-2H3,(H,25,26). The van der Waals surface area contributed by atoms with E-state index in [0.29, 0.717) is 35.2 Å². The molecule has 3 rings (SSSR count). The minimum Gasteiger partial charge on any atom is -0.493 e. The van der Waals surface area contributed by atoms with Crippen LogP contribution in [-0.2, 0) is 13.2 Å². The van der Waals surface area contributed by atoms with Crippen LogP contribution < -0.4 is 19.5 Å². The molecule has 3 aromatic carbocycles. The number of hydrogen-bond acceptors (Lipinski definition) is 4. The Morgan fingerprint density at radius 3 is 2.28 bits per heavy atom. The van der Waals surface area contributed by atoms with E-state index in [9.17, 15) is 4.79 Å². The number of amides is 1. The van der Waals surface area contributed by atoms with Gasteiger partial charge < -0.3 is 19.5 Å². The molecule has 0 heterocycles. The number of carbonyl (C=O) groups excluding carboxylic acids is 1. The quantitative estimate of drug-likeness (QED) is 0.574. The predicted molar refractivity (Wildman–Crippen MR) is 113 cm³/mol. The summed E-state index contributed by atoms with van der Waals surface area (Å²) in [5.41, 5.74) is 2.43. The van der Waals surface area contributed by atoms with Gasteiger partial charge in [0, 0.05) is 12.1 Å². The molecule has 0 aliphatic heterocycles. The molecule has 0 radical (unpaired) electrons. The highest BCUT2D eigenvalue weighted by Crippen LogP contribution is 2.35. The fourth-order valence-corrected chi connectivity index (χ4v) is 3.06. The van der Waals surface area contributed by atoms with Crippen LogP contribution in [0.15, 0.2) is 66.7 Å². The van der Waals surface area contributed by atoms with Gasteiger partial charge in [0.2, 0.25) is 0 Å². The first kappa shape index (κ1) is 20.6. The van der Waals surface area contributed by atoms with Gasteiger partial charge in [0.1, 0.15) is 12.4 Å². The van der Waals surface area contributed by atoms with E-state index in [1.807, 2.05) is 54.6 Å². The number of halogens is 1. The maximum Gasteiger partial charge on any atom is 0.251 e. The zero-order valence-corrected chi connectivity index (χ0v) is 17.0. The molecule has 0 atom stereocenters. The Kier molecular flexibility index (Phi) is 6.98. The lowest BCUT2D eigenvalue weighted by Crippen LogP contribution is -2.22. The Hall–Kier alpha value is -3.18. The van der Waals surface area contributed by atoms with Crippen molar-refractivity contribution in [1.82, 2.24) is 5.32 Å². The summed E-state index contributed by atoms with van der Waals surface area (Å²) in [5.74, 6) is 1.40. The van der Waals surface area contributed by atoms with Crippen molar-refractivity contribution in [2.75, 3.05) is 14.2 Å². The van der Waals surface area contributed by atoms with Crippen LogP contribution in [0.5, 0.6) is 17.2 Å². The van der Waals surface area contributed by atoms with E-state index in [4.69, 9.17) is 25.8 Å². The van der Waals surface area contributed by atoms with Gasteiger partial charge in [-0.15, -0.1) is 0 Å². The van der Waals surface area contributed by atoms with Crippen molar-refractivity contribution in [2.45, 2.75) is 13.2 Å². The second-order valence-electron chi connectivity index (χ2n) is 6.29. The topological polar surface area (TPSA) is 56.8 Å². The Bertz CT molecular complexity index is 959. The summed E-state index contributed by atoms with van der Waals surface area (Å²) in [6.07, 6.45) is 0. The second-order valence-corrected chi connectivity index (χ2v) is 6.70. The van der Waals surface area contributed by atoms with E-state index in [-0.39, 0.29) is 5.91 Å². The van der Waals surface area contributed by atoms with Crippen LogP contribution in [0.4, 0.5) is 0 Å². The molecular formula is C23H22ClNO4. The van der Waals surface area contributed by atoms with Crippen molar-refractivity contribution in [2.24, 2.45) is 0 Å². The molecule has 3 aromatic rings. The first-order chi connectivity index (χ1) is 14.1. The highest BCUT2D eigenvalue weighted by atomic mass is 35.5. The fourth-order valence-electron chi connectivity index (χ4n) is 2.77. The van der Waals surface area contributed by atoms with Crippen LogP contribution >= 0.6 is 11.6 Å². The molecule has 0 spiro atoms. The van der Waals surface area contributed by atoms with Crippen molar-refractivity contribution in [3.05, 3.63) is 88.4 Å². The summed E-state index contributed by atoms with van der Waals surface area (Å²) in [6, 6.07) is 20.7. The van der Waals surface area contributed by atoms with Gasteiger partial charge in [0.15, 0.2) is 11.5 Å². The maximum atomic E-state index is 12.5. The summed E-state index contributed by atoms with van der Waals surface area (Å²) in [6.45, 7) is 0.880. The van der Waals surface area contributed by atoms with Gasteiger partial charge in [-0.05, 0) is 35.4 Å². The van der Waals surface area contributed by atoms with Crippen molar-refractivity contribution in [3.63, 3.8) is 0 Å². The van der Waals surface area contributed by atoms with Gasteiger partial charge in [-0.3, -0.25) is 4.79 Å². The smallest absolute Gasteiger partial charge is 0.251 e. The number of rotatable bonds is 8. The molecule has 0 aliphatic rings. The lowest BCUT2D eigenvalue weighted by atomic mass is 10.1. The average Bonchev–Trinajstić information content (AvgIpc) is 2.76. The third-order valence-corrected chi connectivity index (χ3v) is 4.60. The molecule has 0 fully saturated rings. The molecule has 0 bridgehead atoms.